The van der Waals surface area contributed by atoms with E-state index in [4.69, 9.17) is 5.11 Å². The van der Waals surface area contributed by atoms with E-state index in [-0.39, 0.29) is 30.0 Å². The number of aliphatic hydroxyl groups is 1. The number of nitro groups is 2. The van der Waals surface area contributed by atoms with Gasteiger partial charge in [-0.1, -0.05) is 0 Å². The van der Waals surface area contributed by atoms with Crippen molar-refractivity contribution < 1.29 is 24.9 Å². The van der Waals surface area contributed by atoms with Crippen LogP contribution in [0.5, 0.6) is 0 Å². The van der Waals surface area contributed by atoms with Gasteiger partial charge in [0.25, 0.3) is 11.4 Å². The second-order valence-electron chi connectivity index (χ2n) is 7.44. The van der Waals surface area contributed by atoms with Crippen LogP contribution in [-0.4, -0.2) is 43.2 Å². The molecule has 0 saturated carbocycles. The zero-order chi connectivity index (χ0) is 23.7. The number of hydrogen-bond acceptors (Lipinski definition) is 7. The number of benzene rings is 3. The Morgan fingerprint density at radius 3 is 1.88 bits per heavy atom. The van der Waals surface area contributed by atoms with Gasteiger partial charge < -0.3 is 20.1 Å². The van der Waals surface area contributed by atoms with Crippen LogP contribution >= 0.6 is 0 Å². The summed E-state index contributed by atoms with van der Waals surface area (Å²) in [4.78, 5) is 32.3. The number of hydrogen-bond donors (Lipinski definition) is 3. The molecule has 4 rings (SSSR count). The normalized spacial score (nSPS) is 12.0. The van der Waals surface area contributed by atoms with E-state index >= 15 is 0 Å². The summed E-state index contributed by atoms with van der Waals surface area (Å²) in [6.45, 7) is 0.267. The van der Waals surface area contributed by atoms with Crippen molar-refractivity contribution in [3.8, 4) is 0 Å². The highest BCUT2D eigenvalue weighted by Gasteiger charge is 2.19. The van der Waals surface area contributed by atoms with E-state index in [2.05, 4.69) is 5.32 Å². The van der Waals surface area contributed by atoms with Crippen molar-refractivity contribution >= 4 is 44.8 Å². The number of carbonyl (C=O) groups is 1. The number of aliphatic hydroxyl groups excluding tert-OH is 1. The molecule has 168 valence electrons. The Kier molecular flexibility index (Phi) is 5.63. The summed E-state index contributed by atoms with van der Waals surface area (Å²) in [5.74, 6) is -1.03. The maximum atomic E-state index is 11.2. The van der Waals surface area contributed by atoms with Crippen molar-refractivity contribution in [1.29, 1.82) is 0 Å². The number of non-ortho nitro benzene ring substituents is 2. The predicted octanol–water partition coefficient (Wildman–Crippen LogP) is 3.78. The van der Waals surface area contributed by atoms with Crippen LogP contribution in [0.4, 0.5) is 17.1 Å². The first kappa shape index (κ1) is 21.7. The Morgan fingerprint density at radius 1 is 0.909 bits per heavy atom. The van der Waals surface area contributed by atoms with Crippen molar-refractivity contribution in [2.75, 3.05) is 11.9 Å². The summed E-state index contributed by atoms with van der Waals surface area (Å²) in [5.41, 5.74) is 1.70. The highest BCUT2D eigenvalue weighted by atomic mass is 16.6. The number of rotatable bonds is 8. The Morgan fingerprint density at radius 2 is 1.42 bits per heavy atom. The molecule has 0 spiro atoms. The maximum absolute atomic E-state index is 11.2. The van der Waals surface area contributed by atoms with Gasteiger partial charge in [0.05, 0.1) is 28.1 Å². The summed E-state index contributed by atoms with van der Waals surface area (Å²) >= 11 is 0. The van der Waals surface area contributed by atoms with E-state index in [1.54, 1.807) is 28.8 Å². The van der Waals surface area contributed by atoms with E-state index in [0.29, 0.717) is 27.5 Å². The SMILES string of the molecule is O=C(O)c1ccc(NCC(O)Cn2c3ccc([N+](=O)[O-])cc3c3cc([N+](=O)[O-])ccc32)cc1. The molecule has 11 heteroatoms. The highest BCUT2D eigenvalue weighted by molar-refractivity contribution is 6.09. The largest absolute Gasteiger partial charge is 0.478 e. The lowest BCUT2D eigenvalue weighted by Crippen LogP contribution is -2.24. The molecule has 0 saturated heterocycles. The van der Waals surface area contributed by atoms with Crippen LogP contribution in [0.2, 0.25) is 0 Å². The topological polar surface area (TPSA) is 161 Å². The zero-order valence-corrected chi connectivity index (χ0v) is 17.0. The second-order valence-corrected chi connectivity index (χ2v) is 7.44. The van der Waals surface area contributed by atoms with Gasteiger partial charge in [-0.25, -0.2) is 4.79 Å². The first-order valence-electron chi connectivity index (χ1n) is 9.84. The molecule has 0 bridgehead atoms. The van der Waals surface area contributed by atoms with E-state index in [1.165, 1.54) is 36.4 Å². The van der Waals surface area contributed by atoms with Gasteiger partial charge in [0.1, 0.15) is 0 Å². The van der Waals surface area contributed by atoms with Crippen molar-refractivity contribution in [2.24, 2.45) is 0 Å². The van der Waals surface area contributed by atoms with E-state index in [9.17, 15) is 30.1 Å². The summed E-state index contributed by atoms with van der Waals surface area (Å²) in [6, 6.07) is 14.6. The quantitative estimate of drug-likeness (QED) is 0.270. The molecule has 0 aliphatic rings. The number of anilines is 1. The Balaban J connectivity index is 1.64. The number of nitrogens with one attached hydrogen (secondary N) is 1. The van der Waals surface area contributed by atoms with Crippen molar-refractivity contribution in [2.45, 2.75) is 12.6 Å². The fraction of sp³-hybridized carbons (Fsp3) is 0.136. The summed E-state index contributed by atoms with van der Waals surface area (Å²) in [6.07, 6.45) is -0.881. The number of carboxylic acid groups (broad SMARTS) is 1. The summed E-state index contributed by atoms with van der Waals surface area (Å²) in [5, 5.41) is 46.1. The average Bonchev–Trinajstić information content (AvgIpc) is 3.10. The van der Waals surface area contributed by atoms with Crippen LogP contribution < -0.4 is 5.32 Å². The van der Waals surface area contributed by atoms with Crippen molar-refractivity contribution in [3.63, 3.8) is 0 Å². The monoisotopic (exact) mass is 450 g/mol. The number of fused-ring (bicyclic) bond motifs is 3. The van der Waals surface area contributed by atoms with Crippen LogP contribution in [0, 0.1) is 20.2 Å². The van der Waals surface area contributed by atoms with Gasteiger partial charge in [0, 0.05) is 58.3 Å². The van der Waals surface area contributed by atoms with Crippen LogP contribution in [0.15, 0.2) is 60.7 Å². The third-order valence-corrected chi connectivity index (χ3v) is 5.32. The molecule has 0 radical (unpaired) electrons. The first-order chi connectivity index (χ1) is 15.7. The predicted molar refractivity (Wildman–Crippen MR) is 121 cm³/mol. The van der Waals surface area contributed by atoms with Crippen molar-refractivity contribution in [3.05, 3.63) is 86.5 Å². The molecule has 0 amide bonds. The van der Waals surface area contributed by atoms with Crippen LogP contribution in [0.3, 0.4) is 0 Å². The number of aromatic nitrogens is 1. The molecule has 1 heterocycles. The van der Waals surface area contributed by atoms with Crippen LogP contribution in [-0.2, 0) is 6.54 Å². The third-order valence-electron chi connectivity index (χ3n) is 5.32. The third kappa shape index (κ3) is 4.29. The minimum atomic E-state index is -1.03. The molecule has 3 N–H and O–H groups in total. The van der Waals surface area contributed by atoms with Crippen LogP contribution in [0.1, 0.15) is 10.4 Å². The molecule has 0 fully saturated rings. The van der Waals surface area contributed by atoms with Gasteiger partial charge >= 0.3 is 5.97 Å². The van der Waals surface area contributed by atoms with E-state index in [0.717, 1.165) is 0 Å². The fourth-order valence-electron chi connectivity index (χ4n) is 3.75. The summed E-state index contributed by atoms with van der Waals surface area (Å²) < 4.78 is 1.76. The molecule has 1 unspecified atom stereocenters. The molecule has 0 aliphatic carbocycles. The molecule has 4 aromatic rings. The fourth-order valence-corrected chi connectivity index (χ4v) is 3.75. The molecule has 1 atom stereocenters. The van der Waals surface area contributed by atoms with Crippen LogP contribution in [0.25, 0.3) is 21.8 Å². The lowest BCUT2D eigenvalue weighted by molar-refractivity contribution is -0.385. The van der Waals surface area contributed by atoms with Crippen molar-refractivity contribution in [1.82, 2.24) is 4.57 Å². The molecule has 33 heavy (non-hydrogen) atoms. The van der Waals surface area contributed by atoms with Gasteiger partial charge in [-0.05, 0) is 36.4 Å². The standard InChI is InChI=1S/C22H18N4O7/c27-17(11-23-14-3-1-13(2-4-14)22(28)29)12-24-20-7-5-15(25(30)31)9-18(20)19-10-16(26(32)33)6-8-21(19)24/h1-10,17,23,27H,11-12H2,(H,28,29). The molecular formula is C22H18N4O7. The van der Waals surface area contributed by atoms with E-state index < -0.39 is 21.9 Å². The molecular weight excluding hydrogens is 432 g/mol. The highest BCUT2D eigenvalue weighted by Crippen LogP contribution is 2.34. The number of aromatic carboxylic acids is 1. The smallest absolute Gasteiger partial charge is 0.335 e. The Bertz CT molecular complexity index is 1320. The van der Waals surface area contributed by atoms with Gasteiger partial charge in [-0.15, -0.1) is 0 Å². The Labute approximate surface area is 185 Å². The maximum Gasteiger partial charge on any atom is 0.335 e. The number of carboxylic acids is 1. The van der Waals surface area contributed by atoms with Gasteiger partial charge in [-0.2, -0.15) is 0 Å². The lowest BCUT2D eigenvalue weighted by Gasteiger charge is -2.15. The molecule has 11 nitrogen and oxygen atoms in total. The number of nitrogens with zero attached hydrogens (tertiary/aromatic N) is 3. The molecule has 0 aliphatic heterocycles. The Hall–Kier alpha value is -4.51. The minimum Gasteiger partial charge on any atom is -0.478 e. The van der Waals surface area contributed by atoms with Gasteiger partial charge in [0.2, 0.25) is 0 Å². The molecule has 3 aromatic carbocycles. The summed E-state index contributed by atoms with van der Waals surface area (Å²) in [7, 11) is 0. The molecule has 1 aromatic heterocycles. The van der Waals surface area contributed by atoms with E-state index in [1.807, 2.05) is 0 Å². The minimum absolute atomic E-state index is 0.121. The lowest BCUT2D eigenvalue weighted by atomic mass is 10.1. The average molecular weight is 450 g/mol. The zero-order valence-electron chi connectivity index (χ0n) is 17.0. The van der Waals surface area contributed by atoms with Gasteiger partial charge in [-0.3, -0.25) is 20.2 Å². The first-order valence-corrected chi connectivity index (χ1v) is 9.84. The second kappa shape index (κ2) is 8.55. The number of nitro benzene ring substituents is 2. The van der Waals surface area contributed by atoms with Gasteiger partial charge in [0.15, 0.2) is 0 Å².